The van der Waals surface area contributed by atoms with Crippen LogP contribution in [-0.4, -0.2) is 20.7 Å². The second-order valence-corrected chi connectivity index (χ2v) is 8.23. The highest BCUT2D eigenvalue weighted by molar-refractivity contribution is 6.31. The highest BCUT2D eigenvalue weighted by Gasteiger charge is 2.20. The van der Waals surface area contributed by atoms with Crippen molar-refractivity contribution in [3.05, 3.63) is 93.2 Å². The molecule has 7 heteroatoms. The Balaban J connectivity index is 1.78. The van der Waals surface area contributed by atoms with Gasteiger partial charge in [-0.25, -0.2) is 9.67 Å². The van der Waals surface area contributed by atoms with E-state index in [0.717, 1.165) is 27.9 Å². The van der Waals surface area contributed by atoms with Crippen molar-refractivity contribution >= 4 is 34.8 Å². The van der Waals surface area contributed by atoms with Crippen LogP contribution in [-0.2, 0) is 0 Å². The van der Waals surface area contributed by atoms with Gasteiger partial charge in [0.2, 0.25) is 5.82 Å². The van der Waals surface area contributed by atoms with E-state index in [-0.39, 0.29) is 5.82 Å². The molecule has 1 heterocycles. The Morgan fingerprint density at radius 1 is 0.903 bits per heavy atom. The van der Waals surface area contributed by atoms with Crippen molar-refractivity contribution in [1.29, 1.82) is 0 Å². The normalized spacial score (nSPS) is 10.9. The van der Waals surface area contributed by atoms with Gasteiger partial charge in [0.25, 0.3) is 5.91 Å². The summed E-state index contributed by atoms with van der Waals surface area (Å²) in [4.78, 5) is 17.5. The van der Waals surface area contributed by atoms with Crippen molar-refractivity contribution in [3.8, 4) is 17.1 Å². The van der Waals surface area contributed by atoms with Gasteiger partial charge >= 0.3 is 0 Å². The molecular formula is C24H20Cl2N4O. The predicted octanol–water partition coefficient (Wildman–Crippen LogP) is 6.42. The zero-order valence-electron chi connectivity index (χ0n) is 17.3. The number of carbonyl (C=O) groups is 1. The third-order valence-corrected chi connectivity index (χ3v) is 5.59. The number of hydrogen-bond acceptors (Lipinski definition) is 3. The van der Waals surface area contributed by atoms with Crippen molar-refractivity contribution in [1.82, 2.24) is 14.8 Å². The van der Waals surface area contributed by atoms with Crippen molar-refractivity contribution in [2.45, 2.75) is 20.8 Å². The van der Waals surface area contributed by atoms with E-state index in [1.54, 1.807) is 16.8 Å². The van der Waals surface area contributed by atoms with E-state index < -0.39 is 5.91 Å². The summed E-state index contributed by atoms with van der Waals surface area (Å²) < 4.78 is 1.66. The Bertz CT molecular complexity index is 1280. The molecule has 1 aromatic heterocycles. The van der Waals surface area contributed by atoms with Gasteiger partial charge in [-0.3, -0.25) is 4.79 Å². The molecule has 0 aliphatic rings. The third-order valence-electron chi connectivity index (χ3n) is 4.95. The number of carbonyl (C=O) groups excluding carboxylic acids is 1. The molecule has 0 spiro atoms. The molecule has 3 aromatic carbocycles. The molecule has 0 saturated carbocycles. The number of nitrogens with one attached hydrogen (secondary N) is 1. The minimum Gasteiger partial charge on any atom is -0.319 e. The Labute approximate surface area is 190 Å². The van der Waals surface area contributed by atoms with Crippen LogP contribution in [0.15, 0.2) is 60.7 Å². The molecule has 0 bridgehead atoms. The molecule has 1 N–H and O–H groups in total. The van der Waals surface area contributed by atoms with Crippen LogP contribution in [0.5, 0.6) is 0 Å². The summed E-state index contributed by atoms with van der Waals surface area (Å²) in [6.07, 6.45) is 0. The molecule has 156 valence electrons. The maximum atomic E-state index is 12.9. The van der Waals surface area contributed by atoms with Crippen LogP contribution in [0, 0.1) is 20.8 Å². The predicted molar refractivity (Wildman–Crippen MR) is 125 cm³/mol. The quantitative estimate of drug-likeness (QED) is 0.390. The molecule has 0 aliphatic carbocycles. The molecule has 4 aromatic rings. The number of halogens is 2. The SMILES string of the molecule is Cc1ccc(-c2nc(C(=O)Nc3ccc(C)c(Cl)c3)nn2-c2cc(Cl)ccc2C)cc1. The molecule has 4 rings (SSSR count). The minimum absolute atomic E-state index is 0.0478. The molecular weight excluding hydrogens is 431 g/mol. The standard InChI is InChI=1S/C24H20Cl2N4O/c1-14-4-8-17(9-5-14)23-28-22(24(31)27-19-11-7-15(2)20(26)13-19)29-30(23)21-12-18(25)10-6-16(21)3/h4-13H,1-3H3,(H,27,31). The van der Waals surface area contributed by atoms with E-state index in [1.165, 1.54) is 0 Å². The van der Waals surface area contributed by atoms with Crippen LogP contribution in [0.25, 0.3) is 17.1 Å². The summed E-state index contributed by atoms with van der Waals surface area (Å²) in [5.41, 5.74) is 5.19. The van der Waals surface area contributed by atoms with E-state index in [0.29, 0.717) is 21.6 Å². The van der Waals surface area contributed by atoms with E-state index >= 15 is 0 Å². The van der Waals surface area contributed by atoms with E-state index in [9.17, 15) is 4.79 Å². The average Bonchev–Trinajstić information content (AvgIpc) is 3.18. The van der Waals surface area contributed by atoms with Gasteiger partial charge in [0, 0.05) is 21.3 Å². The van der Waals surface area contributed by atoms with E-state index in [1.807, 2.05) is 69.3 Å². The smallest absolute Gasteiger partial charge is 0.295 e. The van der Waals surface area contributed by atoms with Gasteiger partial charge in [-0.15, -0.1) is 5.10 Å². The minimum atomic E-state index is -0.424. The summed E-state index contributed by atoms with van der Waals surface area (Å²) in [5, 5.41) is 8.49. The van der Waals surface area contributed by atoms with Gasteiger partial charge in [-0.1, -0.05) is 65.2 Å². The maximum absolute atomic E-state index is 12.9. The van der Waals surface area contributed by atoms with Gasteiger partial charge in [-0.05, 0) is 56.2 Å². The fourth-order valence-corrected chi connectivity index (χ4v) is 3.48. The van der Waals surface area contributed by atoms with Gasteiger partial charge in [0.05, 0.1) is 5.69 Å². The fraction of sp³-hybridized carbons (Fsp3) is 0.125. The summed E-state index contributed by atoms with van der Waals surface area (Å²) in [5.74, 6) is 0.177. The van der Waals surface area contributed by atoms with Crippen molar-refractivity contribution in [2.24, 2.45) is 0 Å². The lowest BCUT2D eigenvalue weighted by molar-refractivity contribution is 0.101. The summed E-state index contributed by atoms with van der Waals surface area (Å²) >= 11 is 12.4. The van der Waals surface area contributed by atoms with Crippen molar-refractivity contribution in [3.63, 3.8) is 0 Å². The van der Waals surface area contributed by atoms with Crippen LogP contribution in [0.4, 0.5) is 5.69 Å². The van der Waals surface area contributed by atoms with Crippen LogP contribution in [0.2, 0.25) is 10.0 Å². The third kappa shape index (κ3) is 4.48. The highest BCUT2D eigenvalue weighted by Crippen LogP contribution is 2.26. The first-order valence-electron chi connectivity index (χ1n) is 9.70. The highest BCUT2D eigenvalue weighted by atomic mass is 35.5. The van der Waals surface area contributed by atoms with Crippen LogP contribution in [0.1, 0.15) is 27.3 Å². The average molecular weight is 451 g/mol. The second kappa shape index (κ2) is 8.53. The number of hydrogen-bond donors (Lipinski definition) is 1. The summed E-state index contributed by atoms with van der Waals surface area (Å²) in [6.45, 7) is 5.87. The molecule has 0 saturated heterocycles. The lowest BCUT2D eigenvalue weighted by atomic mass is 10.1. The summed E-state index contributed by atoms with van der Waals surface area (Å²) in [6, 6.07) is 18.8. The van der Waals surface area contributed by atoms with Crippen LogP contribution >= 0.6 is 23.2 Å². The summed E-state index contributed by atoms with van der Waals surface area (Å²) in [7, 11) is 0. The van der Waals surface area contributed by atoms with E-state index in [2.05, 4.69) is 15.4 Å². The zero-order chi connectivity index (χ0) is 22.1. The number of anilines is 1. The number of aryl methyl sites for hydroxylation is 3. The first-order valence-corrected chi connectivity index (χ1v) is 10.5. The Morgan fingerprint density at radius 3 is 2.32 bits per heavy atom. The number of amides is 1. The van der Waals surface area contributed by atoms with Crippen LogP contribution < -0.4 is 5.32 Å². The van der Waals surface area contributed by atoms with Gasteiger partial charge < -0.3 is 5.32 Å². The van der Waals surface area contributed by atoms with Crippen molar-refractivity contribution in [2.75, 3.05) is 5.32 Å². The number of nitrogens with zero attached hydrogens (tertiary/aromatic N) is 3. The van der Waals surface area contributed by atoms with Crippen LogP contribution in [0.3, 0.4) is 0 Å². The molecule has 31 heavy (non-hydrogen) atoms. The lowest BCUT2D eigenvalue weighted by Gasteiger charge is -2.09. The molecule has 0 radical (unpaired) electrons. The van der Waals surface area contributed by atoms with Gasteiger partial charge in [0.1, 0.15) is 0 Å². The molecule has 1 amide bonds. The molecule has 0 unspecified atom stereocenters. The van der Waals surface area contributed by atoms with Gasteiger partial charge in [0.15, 0.2) is 5.82 Å². The lowest BCUT2D eigenvalue weighted by Crippen LogP contribution is -2.14. The topological polar surface area (TPSA) is 59.8 Å². The molecule has 5 nitrogen and oxygen atoms in total. The Hall–Kier alpha value is -3.15. The number of benzene rings is 3. The first kappa shape index (κ1) is 21.1. The van der Waals surface area contributed by atoms with E-state index in [4.69, 9.17) is 23.2 Å². The second-order valence-electron chi connectivity index (χ2n) is 7.39. The van der Waals surface area contributed by atoms with Crippen molar-refractivity contribution < 1.29 is 4.79 Å². The molecule has 0 atom stereocenters. The molecule has 0 aliphatic heterocycles. The Morgan fingerprint density at radius 2 is 1.61 bits per heavy atom. The maximum Gasteiger partial charge on any atom is 0.295 e. The number of rotatable bonds is 4. The Kier molecular flexibility index (Phi) is 5.81. The fourth-order valence-electron chi connectivity index (χ4n) is 3.13. The number of aromatic nitrogens is 3. The first-order chi connectivity index (χ1) is 14.8. The zero-order valence-corrected chi connectivity index (χ0v) is 18.8. The largest absolute Gasteiger partial charge is 0.319 e. The molecule has 0 fully saturated rings. The van der Waals surface area contributed by atoms with Gasteiger partial charge in [-0.2, -0.15) is 0 Å². The monoisotopic (exact) mass is 450 g/mol.